The van der Waals surface area contributed by atoms with Crippen LogP contribution in [0.2, 0.25) is 0 Å². The second-order valence-corrected chi connectivity index (χ2v) is 7.27. The number of halogens is 1. The number of aryl methyl sites for hydroxylation is 1. The van der Waals surface area contributed by atoms with Crippen LogP contribution in [0, 0.1) is 5.82 Å². The minimum absolute atomic E-state index is 0.0365. The highest BCUT2D eigenvalue weighted by Gasteiger charge is 2.13. The number of hydrogen-bond donors (Lipinski definition) is 0. The van der Waals surface area contributed by atoms with Crippen molar-refractivity contribution in [3.63, 3.8) is 0 Å². The largest absolute Gasteiger partial charge is 0.441 e. The van der Waals surface area contributed by atoms with E-state index in [1.807, 2.05) is 0 Å². The number of nitrogens with zero attached hydrogens (tertiary/aromatic N) is 2. The van der Waals surface area contributed by atoms with Gasteiger partial charge in [-0.15, -0.1) is 0 Å². The highest BCUT2D eigenvalue weighted by Crippen LogP contribution is 2.21. The summed E-state index contributed by atoms with van der Waals surface area (Å²) in [6.07, 6.45) is 2.35. The van der Waals surface area contributed by atoms with E-state index in [1.54, 1.807) is 30.3 Å². The van der Waals surface area contributed by atoms with E-state index < -0.39 is 0 Å². The number of rotatable bonds is 7. The average Bonchev–Trinajstić information content (AvgIpc) is 3.16. The summed E-state index contributed by atoms with van der Waals surface area (Å²) in [5, 5.41) is 0. The Bertz CT molecular complexity index is 915. The van der Waals surface area contributed by atoms with Crippen molar-refractivity contribution in [2.45, 2.75) is 39.2 Å². The molecule has 0 atom stereocenters. The zero-order chi connectivity index (χ0) is 20.1. The van der Waals surface area contributed by atoms with Crippen molar-refractivity contribution in [3.05, 3.63) is 77.6 Å². The Hall–Kier alpha value is -2.95. The highest BCUT2D eigenvalue weighted by atomic mass is 19.1. The van der Waals surface area contributed by atoms with Gasteiger partial charge in [-0.05, 0) is 41.3 Å². The third-order valence-electron chi connectivity index (χ3n) is 4.73. The van der Waals surface area contributed by atoms with E-state index in [4.69, 9.17) is 4.42 Å². The lowest BCUT2D eigenvalue weighted by Crippen LogP contribution is -2.26. The number of benzene rings is 2. The molecule has 0 aliphatic heterocycles. The first-order chi connectivity index (χ1) is 13.4. The van der Waals surface area contributed by atoms with Crippen LogP contribution in [-0.4, -0.2) is 22.8 Å². The minimum Gasteiger partial charge on any atom is -0.441 e. The summed E-state index contributed by atoms with van der Waals surface area (Å²) in [7, 11) is 1.80. The summed E-state index contributed by atoms with van der Waals surface area (Å²) in [6, 6.07) is 14.4. The summed E-state index contributed by atoms with van der Waals surface area (Å²) in [4.78, 5) is 18.4. The van der Waals surface area contributed by atoms with Gasteiger partial charge in [-0.2, -0.15) is 0 Å². The summed E-state index contributed by atoms with van der Waals surface area (Å²) < 4.78 is 18.7. The molecular weight excluding hydrogens is 355 g/mol. The van der Waals surface area contributed by atoms with Crippen molar-refractivity contribution in [3.8, 4) is 11.3 Å². The maximum atomic E-state index is 13.0. The number of oxazole rings is 1. The first-order valence-corrected chi connectivity index (χ1v) is 9.46. The number of carbonyl (C=O) groups excluding carboxylic acids is 1. The fourth-order valence-corrected chi connectivity index (χ4v) is 2.95. The molecule has 0 radical (unpaired) electrons. The lowest BCUT2D eigenvalue weighted by Gasteiger charge is -2.17. The van der Waals surface area contributed by atoms with Crippen LogP contribution in [0.3, 0.4) is 0 Å². The van der Waals surface area contributed by atoms with Crippen LogP contribution in [0.25, 0.3) is 11.3 Å². The van der Waals surface area contributed by atoms with Crippen LogP contribution < -0.4 is 0 Å². The molecule has 5 heteroatoms. The Labute approximate surface area is 165 Å². The van der Waals surface area contributed by atoms with Crippen LogP contribution in [0.1, 0.15) is 43.2 Å². The maximum Gasteiger partial charge on any atom is 0.223 e. The fraction of sp³-hybridized carbons (Fsp3) is 0.304. The summed E-state index contributed by atoms with van der Waals surface area (Å²) in [5.41, 5.74) is 3.15. The molecule has 0 saturated carbocycles. The van der Waals surface area contributed by atoms with E-state index in [9.17, 15) is 9.18 Å². The average molecular weight is 380 g/mol. The maximum absolute atomic E-state index is 13.0. The number of carbonyl (C=O) groups is 1. The van der Waals surface area contributed by atoms with Crippen LogP contribution in [-0.2, 0) is 17.8 Å². The van der Waals surface area contributed by atoms with Gasteiger partial charge in [-0.3, -0.25) is 4.79 Å². The number of hydrogen-bond acceptors (Lipinski definition) is 3. The van der Waals surface area contributed by atoms with Crippen molar-refractivity contribution < 1.29 is 13.6 Å². The third-order valence-corrected chi connectivity index (χ3v) is 4.73. The normalized spacial score (nSPS) is 11.0. The lowest BCUT2D eigenvalue weighted by molar-refractivity contribution is -0.130. The monoisotopic (exact) mass is 380 g/mol. The van der Waals surface area contributed by atoms with E-state index in [-0.39, 0.29) is 11.7 Å². The van der Waals surface area contributed by atoms with Crippen molar-refractivity contribution in [2.75, 3.05) is 7.05 Å². The molecule has 4 nitrogen and oxygen atoms in total. The standard InChI is InChI=1S/C23H25FN2O2/c1-16(2)18-6-4-17(5-7-18)15-26(3)23(27)13-12-22-25-14-21(28-22)19-8-10-20(24)11-9-19/h4-11,14,16H,12-13,15H2,1-3H3. The van der Waals surface area contributed by atoms with Crippen molar-refractivity contribution in [1.82, 2.24) is 9.88 Å². The van der Waals surface area contributed by atoms with Gasteiger partial charge < -0.3 is 9.32 Å². The van der Waals surface area contributed by atoms with E-state index in [0.717, 1.165) is 11.1 Å². The Morgan fingerprint density at radius 3 is 2.43 bits per heavy atom. The first kappa shape index (κ1) is 19.8. The van der Waals surface area contributed by atoms with Crippen molar-refractivity contribution in [1.29, 1.82) is 0 Å². The Balaban J connectivity index is 1.52. The first-order valence-electron chi connectivity index (χ1n) is 9.46. The van der Waals surface area contributed by atoms with Gasteiger partial charge in [0.1, 0.15) is 5.82 Å². The molecule has 0 saturated heterocycles. The van der Waals surface area contributed by atoms with Crippen molar-refractivity contribution in [2.24, 2.45) is 0 Å². The highest BCUT2D eigenvalue weighted by molar-refractivity contribution is 5.76. The molecule has 0 N–H and O–H groups in total. The van der Waals surface area contributed by atoms with Gasteiger partial charge >= 0.3 is 0 Å². The summed E-state index contributed by atoms with van der Waals surface area (Å²) in [5.74, 6) is 1.31. The topological polar surface area (TPSA) is 46.3 Å². The Morgan fingerprint density at radius 1 is 1.11 bits per heavy atom. The molecule has 0 unspecified atom stereocenters. The van der Waals surface area contributed by atoms with Gasteiger partial charge in [-0.25, -0.2) is 9.37 Å². The van der Waals surface area contributed by atoms with Gasteiger partial charge in [0.05, 0.1) is 6.20 Å². The fourth-order valence-electron chi connectivity index (χ4n) is 2.95. The molecule has 146 valence electrons. The molecule has 0 fully saturated rings. The van der Waals surface area contributed by atoms with Gasteiger partial charge in [-0.1, -0.05) is 38.1 Å². The molecule has 28 heavy (non-hydrogen) atoms. The van der Waals surface area contributed by atoms with E-state index >= 15 is 0 Å². The third kappa shape index (κ3) is 5.06. The quantitative estimate of drug-likeness (QED) is 0.566. The van der Waals surface area contributed by atoms with Gasteiger partial charge in [0.25, 0.3) is 0 Å². The number of aromatic nitrogens is 1. The van der Waals surface area contributed by atoms with Gasteiger partial charge in [0, 0.05) is 32.0 Å². The zero-order valence-corrected chi connectivity index (χ0v) is 16.5. The minimum atomic E-state index is -0.295. The molecular formula is C23H25FN2O2. The van der Waals surface area contributed by atoms with Crippen molar-refractivity contribution >= 4 is 5.91 Å². The Kier molecular flexibility index (Phi) is 6.24. The zero-order valence-electron chi connectivity index (χ0n) is 16.5. The molecule has 1 aromatic heterocycles. The molecule has 3 rings (SSSR count). The second kappa shape index (κ2) is 8.83. The molecule has 0 spiro atoms. The lowest BCUT2D eigenvalue weighted by atomic mass is 10.0. The van der Waals surface area contributed by atoms with Crippen LogP contribution >= 0.6 is 0 Å². The predicted octanol–water partition coefficient (Wildman–Crippen LogP) is 5.20. The van der Waals surface area contributed by atoms with E-state index in [2.05, 4.69) is 43.1 Å². The molecule has 0 aliphatic carbocycles. The molecule has 0 aliphatic rings. The smallest absolute Gasteiger partial charge is 0.223 e. The molecule has 1 heterocycles. The summed E-state index contributed by atoms with van der Waals surface area (Å²) in [6.45, 7) is 4.90. The van der Waals surface area contributed by atoms with Gasteiger partial charge in [0.2, 0.25) is 5.91 Å². The molecule has 2 aromatic carbocycles. The van der Waals surface area contributed by atoms with E-state index in [1.165, 1.54) is 17.7 Å². The Morgan fingerprint density at radius 2 is 1.79 bits per heavy atom. The summed E-state index contributed by atoms with van der Waals surface area (Å²) >= 11 is 0. The molecule has 1 amide bonds. The molecule has 3 aromatic rings. The van der Waals surface area contributed by atoms with Crippen LogP contribution in [0.15, 0.2) is 59.1 Å². The second-order valence-electron chi connectivity index (χ2n) is 7.27. The van der Waals surface area contributed by atoms with Gasteiger partial charge in [0.15, 0.2) is 11.7 Å². The predicted molar refractivity (Wildman–Crippen MR) is 107 cm³/mol. The molecule has 0 bridgehead atoms. The van der Waals surface area contributed by atoms with E-state index in [0.29, 0.717) is 37.0 Å². The number of amides is 1. The van der Waals surface area contributed by atoms with Crippen LogP contribution in [0.5, 0.6) is 0 Å². The SMILES string of the molecule is CC(C)c1ccc(CN(C)C(=O)CCc2ncc(-c3ccc(F)cc3)o2)cc1. The van der Waals surface area contributed by atoms with Crippen LogP contribution in [0.4, 0.5) is 4.39 Å².